The van der Waals surface area contributed by atoms with Crippen LogP contribution in [0.4, 0.5) is 0 Å². The van der Waals surface area contributed by atoms with Gasteiger partial charge in [-0.2, -0.15) is 0 Å². The Morgan fingerprint density at radius 1 is 1.35 bits per heavy atom. The molecular weight excluding hydrogens is 294 g/mol. The molecule has 3 heterocycles. The van der Waals surface area contributed by atoms with Crippen LogP contribution in [0.1, 0.15) is 31.6 Å². The monoisotopic (exact) mass is 319 g/mol. The van der Waals surface area contributed by atoms with Gasteiger partial charge in [-0.25, -0.2) is 0 Å². The second kappa shape index (κ2) is 6.74. The first-order valence-electron chi connectivity index (χ1n) is 8.34. The van der Waals surface area contributed by atoms with Crippen LogP contribution in [0.25, 0.3) is 0 Å². The van der Waals surface area contributed by atoms with Gasteiger partial charge in [0.15, 0.2) is 0 Å². The number of carbonyl (C=O) groups excluding carboxylic acids is 2. The SMILES string of the molecule is C[C@H]1CCN(C(=O)CN2CCN(C)C(=O)C2)[C@H](c2ccco2)C1. The number of rotatable bonds is 3. The maximum atomic E-state index is 12.8. The summed E-state index contributed by atoms with van der Waals surface area (Å²) >= 11 is 0. The van der Waals surface area contributed by atoms with Gasteiger partial charge in [0, 0.05) is 26.7 Å². The van der Waals surface area contributed by atoms with Crippen LogP contribution in [0.2, 0.25) is 0 Å². The van der Waals surface area contributed by atoms with E-state index in [0.717, 1.165) is 31.7 Å². The Morgan fingerprint density at radius 3 is 2.87 bits per heavy atom. The van der Waals surface area contributed by atoms with Crippen molar-refractivity contribution in [1.29, 1.82) is 0 Å². The zero-order valence-electron chi connectivity index (χ0n) is 13.9. The lowest BCUT2D eigenvalue weighted by Crippen LogP contribution is -2.52. The first-order chi connectivity index (χ1) is 11.0. The Balaban J connectivity index is 1.66. The van der Waals surface area contributed by atoms with Gasteiger partial charge in [0.2, 0.25) is 11.8 Å². The fraction of sp³-hybridized carbons (Fsp3) is 0.647. The van der Waals surface area contributed by atoms with Gasteiger partial charge < -0.3 is 14.2 Å². The number of piperidine rings is 1. The lowest BCUT2D eigenvalue weighted by molar-refractivity contribution is -0.141. The summed E-state index contributed by atoms with van der Waals surface area (Å²) in [7, 11) is 1.81. The molecule has 0 aromatic carbocycles. The minimum absolute atomic E-state index is 0.0180. The molecule has 0 bridgehead atoms. The Morgan fingerprint density at radius 2 is 2.17 bits per heavy atom. The largest absolute Gasteiger partial charge is 0.467 e. The van der Waals surface area contributed by atoms with Crippen LogP contribution in [0.3, 0.4) is 0 Å². The molecule has 2 amide bonds. The Bertz CT molecular complexity index is 557. The number of carbonyl (C=O) groups is 2. The number of hydrogen-bond acceptors (Lipinski definition) is 4. The number of amides is 2. The summed E-state index contributed by atoms with van der Waals surface area (Å²) in [6, 6.07) is 3.84. The number of hydrogen-bond donors (Lipinski definition) is 0. The molecule has 0 spiro atoms. The van der Waals surface area contributed by atoms with Crippen LogP contribution in [0.5, 0.6) is 0 Å². The molecule has 0 unspecified atom stereocenters. The molecule has 0 aliphatic carbocycles. The molecule has 2 saturated heterocycles. The van der Waals surface area contributed by atoms with E-state index in [9.17, 15) is 9.59 Å². The average molecular weight is 319 g/mol. The fourth-order valence-electron chi connectivity index (χ4n) is 3.41. The summed E-state index contributed by atoms with van der Waals surface area (Å²) in [5.41, 5.74) is 0. The molecule has 23 heavy (non-hydrogen) atoms. The third kappa shape index (κ3) is 3.58. The Hall–Kier alpha value is -1.82. The van der Waals surface area contributed by atoms with Crippen molar-refractivity contribution in [1.82, 2.24) is 14.7 Å². The Labute approximate surface area is 137 Å². The lowest BCUT2D eigenvalue weighted by atomic mass is 9.91. The fourth-order valence-corrected chi connectivity index (χ4v) is 3.41. The first kappa shape index (κ1) is 16.1. The molecule has 2 aliphatic rings. The highest BCUT2D eigenvalue weighted by Gasteiger charge is 2.34. The predicted molar refractivity (Wildman–Crippen MR) is 85.6 cm³/mol. The van der Waals surface area contributed by atoms with Gasteiger partial charge >= 0.3 is 0 Å². The topological polar surface area (TPSA) is 57.0 Å². The number of likely N-dealkylation sites (N-methyl/N-ethyl adjacent to an activating group) is 1. The maximum absolute atomic E-state index is 12.8. The quantitative estimate of drug-likeness (QED) is 0.844. The number of piperazine rings is 1. The highest BCUT2D eigenvalue weighted by Crippen LogP contribution is 2.34. The van der Waals surface area contributed by atoms with Crippen LogP contribution >= 0.6 is 0 Å². The second-order valence-corrected chi connectivity index (χ2v) is 6.77. The molecule has 126 valence electrons. The van der Waals surface area contributed by atoms with E-state index in [0.29, 0.717) is 25.6 Å². The van der Waals surface area contributed by atoms with Gasteiger partial charge in [-0.3, -0.25) is 14.5 Å². The minimum Gasteiger partial charge on any atom is -0.467 e. The molecule has 2 fully saturated rings. The summed E-state index contributed by atoms with van der Waals surface area (Å²) in [4.78, 5) is 30.2. The molecule has 1 aromatic heterocycles. The number of likely N-dealkylation sites (tertiary alicyclic amines) is 1. The molecule has 2 atom stereocenters. The van der Waals surface area contributed by atoms with E-state index in [2.05, 4.69) is 6.92 Å². The Kier molecular flexibility index (Phi) is 4.71. The molecule has 3 rings (SSSR count). The van der Waals surface area contributed by atoms with Crippen molar-refractivity contribution in [2.75, 3.05) is 39.8 Å². The zero-order chi connectivity index (χ0) is 16.4. The highest BCUT2D eigenvalue weighted by molar-refractivity contribution is 5.82. The van der Waals surface area contributed by atoms with Crippen molar-refractivity contribution in [2.24, 2.45) is 5.92 Å². The first-order valence-corrected chi connectivity index (χ1v) is 8.34. The molecule has 2 aliphatic heterocycles. The van der Waals surface area contributed by atoms with Crippen molar-refractivity contribution in [3.63, 3.8) is 0 Å². The van der Waals surface area contributed by atoms with E-state index in [1.165, 1.54) is 0 Å². The van der Waals surface area contributed by atoms with Crippen LogP contribution in [-0.4, -0.2) is 66.3 Å². The normalized spacial score (nSPS) is 26.6. The second-order valence-electron chi connectivity index (χ2n) is 6.77. The van der Waals surface area contributed by atoms with Crippen molar-refractivity contribution in [3.05, 3.63) is 24.2 Å². The molecule has 0 N–H and O–H groups in total. The standard InChI is InChI=1S/C17H25N3O3/c1-13-5-6-20(14(10-13)15-4-3-9-23-15)17(22)12-19-8-7-18(2)16(21)11-19/h3-4,9,13-14H,5-8,10-12H2,1-2H3/t13-,14-/m0/s1. The van der Waals surface area contributed by atoms with Gasteiger partial charge in [0.05, 0.1) is 25.4 Å². The summed E-state index contributed by atoms with van der Waals surface area (Å²) in [6.45, 7) is 5.06. The van der Waals surface area contributed by atoms with Gasteiger partial charge in [-0.1, -0.05) is 6.92 Å². The molecule has 6 nitrogen and oxygen atoms in total. The van der Waals surface area contributed by atoms with E-state index < -0.39 is 0 Å². The third-order valence-corrected chi connectivity index (χ3v) is 4.95. The van der Waals surface area contributed by atoms with Crippen molar-refractivity contribution >= 4 is 11.8 Å². The molecule has 0 radical (unpaired) electrons. The predicted octanol–water partition coefficient (Wildman–Crippen LogP) is 1.35. The maximum Gasteiger partial charge on any atom is 0.237 e. The average Bonchev–Trinajstić information content (AvgIpc) is 3.05. The van der Waals surface area contributed by atoms with Crippen LogP contribution in [-0.2, 0) is 9.59 Å². The van der Waals surface area contributed by atoms with E-state index >= 15 is 0 Å². The van der Waals surface area contributed by atoms with E-state index in [1.807, 2.05) is 21.9 Å². The van der Waals surface area contributed by atoms with E-state index in [4.69, 9.17) is 4.42 Å². The summed E-state index contributed by atoms with van der Waals surface area (Å²) < 4.78 is 5.55. The van der Waals surface area contributed by atoms with Gasteiger partial charge in [0.1, 0.15) is 5.76 Å². The van der Waals surface area contributed by atoms with Gasteiger partial charge in [0.25, 0.3) is 0 Å². The molecule has 6 heteroatoms. The summed E-state index contributed by atoms with van der Waals surface area (Å²) in [5.74, 6) is 1.62. The highest BCUT2D eigenvalue weighted by atomic mass is 16.3. The minimum atomic E-state index is 0.0180. The van der Waals surface area contributed by atoms with Crippen molar-refractivity contribution in [3.8, 4) is 0 Å². The van der Waals surface area contributed by atoms with Gasteiger partial charge in [-0.05, 0) is 30.9 Å². The van der Waals surface area contributed by atoms with Crippen molar-refractivity contribution < 1.29 is 14.0 Å². The van der Waals surface area contributed by atoms with Crippen LogP contribution in [0.15, 0.2) is 22.8 Å². The lowest BCUT2D eigenvalue weighted by Gasteiger charge is -2.39. The van der Waals surface area contributed by atoms with Crippen LogP contribution in [0, 0.1) is 5.92 Å². The van der Waals surface area contributed by atoms with E-state index in [1.54, 1.807) is 18.2 Å². The van der Waals surface area contributed by atoms with Crippen molar-refractivity contribution in [2.45, 2.75) is 25.8 Å². The summed E-state index contributed by atoms with van der Waals surface area (Å²) in [6.07, 6.45) is 3.61. The molecular formula is C17H25N3O3. The zero-order valence-corrected chi connectivity index (χ0v) is 13.9. The number of furan rings is 1. The molecule has 0 saturated carbocycles. The number of nitrogens with zero attached hydrogens (tertiary/aromatic N) is 3. The molecule has 1 aromatic rings. The third-order valence-electron chi connectivity index (χ3n) is 4.95. The smallest absolute Gasteiger partial charge is 0.237 e. The van der Waals surface area contributed by atoms with Gasteiger partial charge in [-0.15, -0.1) is 0 Å². The van der Waals surface area contributed by atoms with E-state index in [-0.39, 0.29) is 17.9 Å². The van der Waals surface area contributed by atoms with Crippen LogP contribution < -0.4 is 0 Å². The summed E-state index contributed by atoms with van der Waals surface area (Å²) in [5, 5.41) is 0.